The van der Waals surface area contributed by atoms with Gasteiger partial charge in [-0.3, -0.25) is 14.5 Å². The van der Waals surface area contributed by atoms with Crippen molar-refractivity contribution in [3.8, 4) is 11.3 Å². The van der Waals surface area contributed by atoms with Crippen molar-refractivity contribution in [2.75, 3.05) is 6.54 Å². The molecule has 0 unspecified atom stereocenters. The molecule has 120 valence electrons. The van der Waals surface area contributed by atoms with E-state index in [2.05, 4.69) is 21.2 Å². The first kappa shape index (κ1) is 14.4. The number of aromatic amines is 1. The molecule has 0 saturated carbocycles. The van der Waals surface area contributed by atoms with E-state index in [1.807, 2.05) is 31.6 Å². The number of allylic oxidation sites excluding steroid dienone is 1. The minimum absolute atomic E-state index is 0.447. The molecule has 4 rings (SSSR count). The van der Waals surface area contributed by atoms with Gasteiger partial charge in [0.1, 0.15) is 0 Å². The van der Waals surface area contributed by atoms with Gasteiger partial charge >= 0.3 is 0 Å². The molecule has 0 radical (unpaired) electrons. The van der Waals surface area contributed by atoms with Crippen molar-refractivity contribution in [1.82, 2.24) is 14.8 Å². The number of nitrogens with one attached hydrogen (secondary N) is 1. The van der Waals surface area contributed by atoms with Crippen molar-refractivity contribution in [2.24, 2.45) is 17.8 Å². The highest BCUT2D eigenvalue weighted by Crippen LogP contribution is 2.32. The summed E-state index contributed by atoms with van der Waals surface area (Å²) in [6.07, 6.45) is 8.69. The summed E-state index contributed by atoms with van der Waals surface area (Å²) in [7, 11) is 1.87. The van der Waals surface area contributed by atoms with Crippen molar-refractivity contribution in [1.29, 1.82) is 0 Å². The van der Waals surface area contributed by atoms with Gasteiger partial charge in [-0.1, -0.05) is 12.1 Å². The molecule has 3 N–H and O–H groups in total. The van der Waals surface area contributed by atoms with Gasteiger partial charge in [-0.2, -0.15) is 5.10 Å². The Morgan fingerprint density at radius 1 is 1.38 bits per heavy atom. The van der Waals surface area contributed by atoms with Crippen LogP contribution in [0.3, 0.4) is 0 Å². The number of nitrogens with two attached hydrogens (primary N) is 1. The summed E-state index contributed by atoms with van der Waals surface area (Å²) in [5.41, 5.74) is 10.8. The van der Waals surface area contributed by atoms with E-state index in [9.17, 15) is 4.79 Å². The van der Waals surface area contributed by atoms with Crippen LogP contribution >= 0.6 is 0 Å². The lowest BCUT2D eigenvalue weighted by molar-refractivity contribution is 0.100. The number of H-pyrrole nitrogens is 1. The van der Waals surface area contributed by atoms with Crippen molar-refractivity contribution in [3.05, 3.63) is 47.8 Å². The first-order valence-corrected chi connectivity index (χ1v) is 7.78. The maximum absolute atomic E-state index is 11.8. The average molecular weight is 319 g/mol. The van der Waals surface area contributed by atoms with Crippen LogP contribution in [0.2, 0.25) is 0 Å². The van der Waals surface area contributed by atoms with Gasteiger partial charge in [-0.15, -0.1) is 0 Å². The van der Waals surface area contributed by atoms with Gasteiger partial charge in [0.15, 0.2) is 0 Å². The zero-order valence-electron chi connectivity index (χ0n) is 13.3. The fourth-order valence-corrected chi connectivity index (χ4v) is 3.08. The molecule has 0 spiro atoms. The molecule has 1 aliphatic heterocycles. The summed E-state index contributed by atoms with van der Waals surface area (Å²) in [5.74, 6) is -0.447. The van der Waals surface area contributed by atoms with Gasteiger partial charge in [-0.05, 0) is 29.7 Å². The van der Waals surface area contributed by atoms with E-state index in [1.54, 1.807) is 16.9 Å². The smallest absolute Gasteiger partial charge is 0.250 e. The SMILES string of the molecule is Cn1cc(-c2cc3c(C4=CCCN=C4)ccc(C(N)=O)c3[nH]2)cn1. The Bertz CT molecular complexity index is 1010. The Balaban J connectivity index is 1.96. The fraction of sp³-hybridized carbons (Fsp3) is 0.167. The summed E-state index contributed by atoms with van der Waals surface area (Å²) in [6, 6.07) is 5.75. The van der Waals surface area contributed by atoms with Gasteiger partial charge < -0.3 is 10.7 Å². The Morgan fingerprint density at radius 3 is 2.92 bits per heavy atom. The molecule has 0 atom stereocenters. The van der Waals surface area contributed by atoms with E-state index in [4.69, 9.17) is 5.73 Å². The second-order valence-electron chi connectivity index (χ2n) is 5.88. The lowest BCUT2D eigenvalue weighted by atomic mass is 9.97. The summed E-state index contributed by atoms with van der Waals surface area (Å²) in [4.78, 5) is 19.5. The number of carbonyl (C=O) groups excluding carboxylic acids is 1. The minimum atomic E-state index is -0.447. The largest absolute Gasteiger partial charge is 0.366 e. The number of fused-ring (bicyclic) bond motifs is 1. The van der Waals surface area contributed by atoms with Crippen LogP contribution in [0.1, 0.15) is 22.3 Å². The zero-order chi connectivity index (χ0) is 16.7. The summed E-state index contributed by atoms with van der Waals surface area (Å²) in [6.45, 7) is 0.820. The predicted molar refractivity (Wildman–Crippen MR) is 95.0 cm³/mol. The Kier molecular flexibility index (Phi) is 3.30. The van der Waals surface area contributed by atoms with Crippen molar-refractivity contribution in [2.45, 2.75) is 6.42 Å². The average Bonchev–Trinajstić information content (AvgIpc) is 3.20. The highest BCUT2D eigenvalue weighted by molar-refractivity contribution is 6.17. The first-order chi connectivity index (χ1) is 11.6. The van der Waals surface area contributed by atoms with Gasteiger partial charge in [0, 0.05) is 42.6 Å². The quantitative estimate of drug-likeness (QED) is 0.777. The topological polar surface area (TPSA) is 89.1 Å². The van der Waals surface area contributed by atoms with Gasteiger partial charge in [-0.25, -0.2) is 0 Å². The molecule has 24 heavy (non-hydrogen) atoms. The van der Waals surface area contributed by atoms with Crippen molar-refractivity contribution >= 4 is 28.6 Å². The molecule has 2 aromatic heterocycles. The summed E-state index contributed by atoms with van der Waals surface area (Å²) in [5, 5.41) is 5.17. The number of aliphatic imine (C=N–C) groups is 1. The maximum Gasteiger partial charge on any atom is 0.250 e. The van der Waals surface area contributed by atoms with Crippen LogP contribution in [0.25, 0.3) is 27.7 Å². The predicted octanol–water partition coefficient (Wildman–Crippen LogP) is 2.53. The Morgan fingerprint density at radius 2 is 2.25 bits per heavy atom. The minimum Gasteiger partial charge on any atom is -0.366 e. The van der Waals surface area contributed by atoms with Crippen LogP contribution in [-0.4, -0.2) is 33.4 Å². The van der Waals surface area contributed by atoms with Crippen LogP contribution in [0, 0.1) is 0 Å². The zero-order valence-corrected chi connectivity index (χ0v) is 13.3. The van der Waals surface area contributed by atoms with Crippen molar-refractivity contribution in [3.63, 3.8) is 0 Å². The molecule has 1 aromatic carbocycles. The highest BCUT2D eigenvalue weighted by Gasteiger charge is 2.16. The van der Waals surface area contributed by atoms with Gasteiger partial charge in [0.05, 0.1) is 17.3 Å². The number of amides is 1. The molecule has 0 aliphatic carbocycles. The van der Waals surface area contributed by atoms with E-state index < -0.39 is 5.91 Å². The Labute approximate surface area is 138 Å². The van der Waals surface area contributed by atoms with Crippen LogP contribution in [-0.2, 0) is 7.05 Å². The lowest BCUT2D eigenvalue weighted by Gasteiger charge is -2.09. The number of aryl methyl sites for hydroxylation is 1. The summed E-state index contributed by atoms with van der Waals surface area (Å²) < 4.78 is 1.74. The van der Waals surface area contributed by atoms with E-state index in [0.717, 1.165) is 46.3 Å². The first-order valence-electron chi connectivity index (χ1n) is 7.78. The van der Waals surface area contributed by atoms with E-state index >= 15 is 0 Å². The normalized spacial score (nSPS) is 14.1. The molecule has 3 aromatic rings. The number of carbonyl (C=O) groups is 1. The van der Waals surface area contributed by atoms with Crippen LogP contribution in [0.4, 0.5) is 0 Å². The van der Waals surface area contributed by atoms with Gasteiger partial charge in [0.2, 0.25) is 0 Å². The molecule has 1 aliphatic rings. The third-order valence-electron chi connectivity index (χ3n) is 4.24. The number of hydrogen-bond acceptors (Lipinski definition) is 3. The summed E-state index contributed by atoms with van der Waals surface area (Å²) >= 11 is 0. The maximum atomic E-state index is 11.8. The molecule has 6 nitrogen and oxygen atoms in total. The molecule has 3 heterocycles. The second-order valence-corrected chi connectivity index (χ2v) is 5.88. The number of hydrogen-bond donors (Lipinski definition) is 2. The molecule has 6 heteroatoms. The molecule has 0 fully saturated rings. The van der Waals surface area contributed by atoms with Gasteiger partial charge in [0.25, 0.3) is 5.91 Å². The lowest BCUT2D eigenvalue weighted by Crippen LogP contribution is -2.11. The highest BCUT2D eigenvalue weighted by atomic mass is 16.1. The molecular formula is C18H17N5O. The van der Waals surface area contributed by atoms with Crippen molar-refractivity contribution < 1.29 is 4.79 Å². The van der Waals surface area contributed by atoms with E-state index in [-0.39, 0.29) is 0 Å². The monoisotopic (exact) mass is 319 g/mol. The van der Waals surface area contributed by atoms with E-state index in [1.165, 1.54) is 0 Å². The molecular weight excluding hydrogens is 302 g/mol. The van der Waals surface area contributed by atoms with Crippen LogP contribution in [0.5, 0.6) is 0 Å². The second kappa shape index (κ2) is 5.49. The Hall–Kier alpha value is -3.15. The number of rotatable bonds is 3. The van der Waals surface area contributed by atoms with E-state index in [0.29, 0.717) is 5.56 Å². The number of aromatic nitrogens is 3. The molecule has 0 bridgehead atoms. The standard InChI is InChI=1S/C18H17N5O/c1-23-10-12(9-21-23)16-7-15-13(11-3-2-6-20-8-11)4-5-14(18(19)24)17(15)22-16/h3-5,7-10,22H,2,6H2,1H3,(H2,19,24). The fourth-order valence-electron chi connectivity index (χ4n) is 3.08. The van der Waals surface area contributed by atoms with Crippen LogP contribution in [0.15, 0.2) is 41.7 Å². The molecule has 1 amide bonds. The number of benzene rings is 1. The molecule has 0 saturated heterocycles. The van der Waals surface area contributed by atoms with Crippen LogP contribution < -0.4 is 5.73 Å². The third-order valence-corrected chi connectivity index (χ3v) is 4.24. The number of primary amides is 1. The number of dihydropyridines is 1. The third kappa shape index (κ3) is 2.32. The number of nitrogens with zero attached hydrogens (tertiary/aromatic N) is 3.